The molecule has 0 radical (unpaired) electrons. The zero-order valence-electron chi connectivity index (χ0n) is 22.7. The van der Waals surface area contributed by atoms with Crippen molar-refractivity contribution in [1.82, 2.24) is 0 Å². The van der Waals surface area contributed by atoms with Gasteiger partial charge in [0, 0.05) is 0 Å². The van der Waals surface area contributed by atoms with Gasteiger partial charge in [-0.2, -0.15) is 0 Å². The minimum atomic E-state index is -3.92. The summed E-state index contributed by atoms with van der Waals surface area (Å²) in [6.07, 6.45) is 5.62. The molecule has 38 heavy (non-hydrogen) atoms. The quantitative estimate of drug-likeness (QED) is 0.169. The number of allylic oxidation sites excluding steroid dienone is 1. The van der Waals surface area contributed by atoms with Crippen molar-refractivity contribution in [2.24, 2.45) is 0 Å². The summed E-state index contributed by atoms with van der Waals surface area (Å²) >= 11 is -3.92. The minimum absolute atomic E-state index is 0.136. The molecule has 1 unspecified atom stereocenters. The third-order valence-electron chi connectivity index (χ3n) is 8.39. The van der Waals surface area contributed by atoms with Gasteiger partial charge in [0.25, 0.3) is 0 Å². The third-order valence-corrected chi connectivity index (χ3v) is 22.7. The van der Waals surface area contributed by atoms with Gasteiger partial charge in [0.15, 0.2) is 0 Å². The number of hydrogen-bond donors (Lipinski definition) is 0. The number of halogens is 2. The van der Waals surface area contributed by atoms with Crippen LogP contribution in [0.4, 0.5) is 0 Å². The van der Waals surface area contributed by atoms with Crippen LogP contribution in [0.1, 0.15) is 58.1 Å². The van der Waals surface area contributed by atoms with Gasteiger partial charge in [0.1, 0.15) is 0 Å². The van der Waals surface area contributed by atoms with Gasteiger partial charge in [-0.3, -0.25) is 0 Å². The van der Waals surface area contributed by atoms with E-state index in [9.17, 15) is 0 Å². The fraction of sp³-hybridized carbons (Fsp3) is 0.235. The van der Waals surface area contributed by atoms with Crippen molar-refractivity contribution in [1.29, 1.82) is 0 Å². The summed E-state index contributed by atoms with van der Waals surface area (Å²) in [5.74, 6) is 0. The van der Waals surface area contributed by atoms with Gasteiger partial charge in [0.2, 0.25) is 0 Å². The number of benzene rings is 4. The summed E-state index contributed by atoms with van der Waals surface area (Å²) in [5.41, 5.74) is 13.6. The first-order valence-corrected chi connectivity index (χ1v) is 24.3. The first-order chi connectivity index (χ1) is 18.3. The number of rotatable bonds is 6. The molecule has 0 N–H and O–H groups in total. The Morgan fingerprint density at radius 1 is 0.842 bits per heavy atom. The molecule has 192 valence electrons. The molecule has 1 heterocycles. The fourth-order valence-electron chi connectivity index (χ4n) is 6.85. The Labute approximate surface area is 241 Å². The maximum atomic E-state index is 7.80. The first-order valence-electron chi connectivity index (χ1n) is 13.9. The molecule has 0 amide bonds. The average molecular weight is 633 g/mol. The second-order valence-corrected chi connectivity index (χ2v) is 26.9. The number of aryl methyl sites for hydroxylation is 3. The van der Waals surface area contributed by atoms with Crippen molar-refractivity contribution in [3.05, 3.63) is 106 Å². The Balaban J connectivity index is 1.53. The van der Waals surface area contributed by atoms with Crippen LogP contribution in [0.2, 0.25) is 0 Å². The Bertz CT molecular complexity index is 1580. The van der Waals surface area contributed by atoms with Crippen molar-refractivity contribution in [3.63, 3.8) is 0 Å². The molecule has 6 rings (SSSR count). The third kappa shape index (κ3) is 4.37. The van der Waals surface area contributed by atoms with Crippen LogP contribution in [-0.2, 0) is 24.3 Å². The van der Waals surface area contributed by atoms with Gasteiger partial charge in [-0.05, 0) is 0 Å². The molecule has 0 saturated heterocycles. The average Bonchev–Trinajstić information content (AvgIpc) is 3.46. The van der Waals surface area contributed by atoms with Gasteiger partial charge in [-0.1, -0.05) is 0 Å². The van der Waals surface area contributed by atoms with E-state index in [0.717, 1.165) is 19.3 Å². The molecule has 0 saturated carbocycles. The van der Waals surface area contributed by atoms with Crippen LogP contribution in [-0.4, -0.2) is 9.52 Å². The molecular weight excluding hydrogens is 599 g/mol. The Hall–Kier alpha value is -1.70. The topological polar surface area (TPSA) is 0 Å². The normalized spacial score (nSPS) is 16.4. The molecule has 0 fully saturated rings. The Morgan fingerprint density at radius 3 is 2.32 bits per heavy atom. The van der Waals surface area contributed by atoms with Gasteiger partial charge >= 0.3 is 243 Å². The zero-order valence-corrected chi connectivity index (χ0v) is 28.1. The van der Waals surface area contributed by atoms with E-state index >= 15 is 0 Å². The van der Waals surface area contributed by atoms with Gasteiger partial charge in [-0.15, -0.1) is 0 Å². The fourth-order valence-corrected chi connectivity index (χ4v) is 23.9. The molecule has 2 aliphatic rings. The SMILES string of the molecule is CCCc1ccc2c(c1-c1cc(C)cc(C)c1)C=C(CC)[CH]2[Zr]([Cl])([Cl])[c]1cccc2c1[SiH2]c1ccccc1-2. The van der Waals surface area contributed by atoms with Crippen LogP contribution < -0.4 is 13.6 Å². The molecule has 1 atom stereocenters. The van der Waals surface area contributed by atoms with Crippen molar-refractivity contribution in [2.45, 2.75) is 50.6 Å². The van der Waals surface area contributed by atoms with E-state index in [2.05, 4.69) is 107 Å². The van der Waals surface area contributed by atoms with Gasteiger partial charge < -0.3 is 0 Å². The Morgan fingerprint density at radius 2 is 1.58 bits per heavy atom. The van der Waals surface area contributed by atoms with E-state index in [1.165, 1.54) is 69.3 Å². The Kier molecular flexibility index (Phi) is 7.23. The second-order valence-electron chi connectivity index (χ2n) is 11.0. The van der Waals surface area contributed by atoms with Crippen LogP contribution in [0.5, 0.6) is 0 Å². The molecular formula is C34H34Cl2SiZr. The molecule has 1 aliphatic carbocycles. The summed E-state index contributed by atoms with van der Waals surface area (Å²) in [6.45, 7) is 8.94. The van der Waals surface area contributed by atoms with E-state index < -0.39 is 27.4 Å². The summed E-state index contributed by atoms with van der Waals surface area (Å²) in [5, 5.41) is 3.01. The monoisotopic (exact) mass is 630 g/mol. The van der Waals surface area contributed by atoms with Crippen LogP contribution in [0.15, 0.2) is 78.4 Å². The van der Waals surface area contributed by atoms with Gasteiger partial charge in [-0.25, -0.2) is 0 Å². The summed E-state index contributed by atoms with van der Waals surface area (Å²) in [6, 6.07) is 27.3. The molecule has 0 spiro atoms. The molecule has 4 aromatic carbocycles. The number of hydrogen-bond acceptors (Lipinski definition) is 0. The second kappa shape index (κ2) is 10.4. The molecule has 0 aromatic heterocycles. The van der Waals surface area contributed by atoms with Crippen molar-refractivity contribution >= 4 is 46.3 Å². The van der Waals surface area contributed by atoms with E-state index in [1.807, 2.05) is 0 Å². The van der Waals surface area contributed by atoms with Crippen LogP contribution in [0.3, 0.4) is 0 Å². The van der Waals surface area contributed by atoms with E-state index in [1.54, 1.807) is 0 Å². The van der Waals surface area contributed by atoms with Crippen molar-refractivity contribution in [3.8, 4) is 22.3 Å². The first kappa shape index (κ1) is 26.5. The van der Waals surface area contributed by atoms with Crippen LogP contribution in [0.25, 0.3) is 28.3 Å². The zero-order chi connectivity index (χ0) is 26.6. The number of fused-ring (bicyclic) bond motifs is 4. The van der Waals surface area contributed by atoms with E-state index in [-0.39, 0.29) is 3.63 Å². The predicted molar refractivity (Wildman–Crippen MR) is 167 cm³/mol. The molecule has 0 bridgehead atoms. The summed E-state index contributed by atoms with van der Waals surface area (Å²) in [7, 11) is 15.0. The van der Waals surface area contributed by atoms with Crippen LogP contribution in [0, 0.1) is 13.8 Å². The van der Waals surface area contributed by atoms with Crippen molar-refractivity contribution < 1.29 is 17.9 Å². The van der Waals surface area contributed by atoms with E-state index in [4.69, 9.17) is 17.0 Å². The molecule has 1 aliphatic heterocycles. The molecule has 4 heteroatoms. The van der Waals surface area contributed by atoms with Crippen LogP contribution >= 0.6 is 17.0 Å². The maximum absolute atomic E-state index is 7.80. The van der Waals surface area contributed by atoms with Gasteiger partial charge in [0.05, 0.1) is 0 Å². The standard InChI is InChI=1S/C22H25.C12H9Si.2ClH.Zr/c1-5-7-18-8-9-19-13-17(6-2)14-21(19)22(18)20-11-15(3)10-16(4)12-20;1-3-7-11-9(5-1)10-6-2-4-8-12(10)13-11;;;/h8-14H,5-7H2,1-4H3;1-7H,13H2;2*1H;/q;;;;+2/p-2. The van der Waals surface area contributed by atoms with Crippen molar-refractivity contribution in [2.75, 3.05) is 0 Å². The predicted octanol–water partition coefficient (Wildman–Crippen LogP) is 7.66. The summed E-state index contributed by atoms with van der Waals surface area (Å²) < 4.78 is 1.45. The summed E-state index contributed by atoms with van der Waals surface area (Å²) in [4.78, 5) is 0. The molecule has 0 nitrogen and oxygen atoms in total. The molecule has 4 aromatic rings. The van der Waals surface area contributed by atoms with E-state index in [0.29, 0.717) is 0 Å².